The van der Waals surface area contributed by atoms with E-state index in [2.05, 4.69) is 0 Å². The fourth-order valence-electron chi connectivity index (χ4n) is 1.27. The Kier molecular flexibility index (Phi) is 4.56. The molecule has 0 bridgehead atoms. The lowest BCUT2D eigenvalue weighted by atomic mass is 10.0. The first-order chi connectivity index (χ1) is 6.77. The minimum atomic E-state index is -0.280. The van der Waals surface area contributed by atoms with Crippen LogP contribution < -0.4 is 0 Å². The largest absolute Gasteiger partial charge is 0.396 e. The summed E-state index contributed by atoms with van der Waals surface area (Å²) in [5.74, 6) is -0.414. The van der Waals surface area contributed by atoms with Crippen LogP contribution in [0.15, 0.2) is 24.3 Å². The molecule has 2 nitrogen and oxygen atoms in total. The maximum absolute atomic E-state index is 12.9. The van der Waals surface area contributed by atoms with Crippen molar-refractivity contribution in [3.63, 3.8) is 0 Å². The average molecular weight is 198 g/mol. The highest BCUT2D eigenvalue weighted by Gasteiger charge is 2.10. The average Bonchev–Trinajstić information content (AvgIpc) is 2.19. The van der Waals surface area contributed by atoms with E-state index in [4.69, 9.17) is 9.84 Å². The zero-order chi connectivity index (χ0) is 10.4. The van der Waals surface area contributed by atoms with E-state index in [1.807, 2.05) is 6.92 Å². The van der Waals surface area contributed by atoms with Gasteiger partial charge in [0.1, 0.15) is 5.82 Å². The van der Waals surface area contributed by atoms with Gasteiger partial charge in [-0.05, 0) is 24.6 Å². The first-order valence-electron chi connectivity index (χ1n) is 4.72. The molecule has 0 saturated carbocycles. The summed E-state index contributed by atoms with van der Waals surface area (Å²) >= 11 is 0. The fourth-order valence-corrected chi connectivity index (χ4v) is 1.27. The molecule has 1 rings (SSSR count). The number of hydrogen-bond donors (Lipinski definition) is 1. The molecule has 1 unspecified atom stereocenters. The first-order valence-corrected chi connectivity index (χ1v) is 4.72. The van der Waals surface area contributed by atoms with E-state index in [1.54, 1.807) is 12.1 Å². The van der Waals surface area contributed by atoms with Crippen LogP contribution >= 0.6 is 0 Å². The molecule has 1 aromatic carbocycles. The van der Waals surface area contributed by atoms with Gasteiger partial charge in [0, 0.05) is 12.5 Å². The number of halogens is 1. The molecular formula is C11H15FO2. The SMILES string of the molecule is CCOCC(CO)c1cccc(F)c1. The van der Waals surface area contributed by atoms with Crippen LogP contribution in [0.5, 0.6) is 0 Å². The molecule has 1 N–H and O–H groups in total. The van der Waals surface area contributed by atoms with Gasteiger partial charge in [-0.1, -0.05) is 12.1 Å². The van der Waals surface area contributed by atoms with Gasteiger partial charge < -0.3 is 9.84 Å². The van der Waals surface area contributed by atoms with E-state index >= 15 is 0 Å². The van der Waals surface area contributed by atoms with Crippen molar-refractivity contribution >= 4 is 0 Å². The van der Waals surface area contributed by atoms with E-state index in [0.29, 0.717) is 13.2 Å². The lowest BCUT2D eigenvalue weighted by Gasteiger charge is -2.14. The summed E-state index contributed by atoms with van der Waals surface area (Å²) in [6, 6.07) is 6.25. The number of ether oxygens (including phenoxy) is 1. The summed E-state index contributed by atoms with van der Waals surface area (Å²) in [7, 11) is 0. The summed E-state index contributed by atoms with van der Waals surface area (Å²) < 4.78 is 18.1. The normalized spacial score (nSPS) is 12.8. The van der Waals surface area contributed by atoms with Crippen LogP contribution in [0.2, 0.25) is 0 Å². The van der Waals surface area contributed by atoms with Crippen LogP contribution in [0.3, 0.4) is 0 Å². The van der Waals surface area contributed by atoms with E-state index in [0.717, 1.165) is 5.56 Å². The van der Waals surface area contributed by atoms with Crippen LogP contribution in [0.25, 0.3) is 0 Å². The van der Waals surface area contributed by atoms with Crippen molar-refractivity contribution in [1.82, 2.24) is 0 Å². The lowest BCUT2D eigenvalue weighted by molar-refractivity contribution is 0.109. The molecule has 0 aliphatic heterocycles. The van der Waals surface area contributed by atoms with Gasteiger partial charge in [-0.15, -0.1) is 0 Å². The Hall–Kier alpha value is -0.930. The van der Waals surface area contributed by atoms with Gasteiger partial charge in [0.25, 0.3) is 0 Å². The predicted molar refractivity (Wildman–Crippen MR) is 52.7 cm³/mol. The molecule has 1 aromatic rings. The number of hydrogen-bond acceptors (Lipinski definition) is 2. The van der Waals surface area contributed by atoms with E-state index in [-0.39, 0.29) is 18.3 Å². The zero-order valence-corrected chi connectivity index (χ0v) is 8.24. The third kappa shape index (κ3) is 3.09. The summed E-state index contributed by atoms with van der Waals surface area (Å²) in [6.07, 6.45) is 0. The van der Waals surface area contributed by atoms with Gasteiger partial charge in [0.05, 0.1) is 13.2 Å². The second-order valence-electron chi connectivity index (χ2n) is 3.09. The molecule has 0 heterocycles. The second kappa shape index (κ2) is 5.73. The molecule has 0 fully saturated rings. The number of aliphatic hydroxyl groups excluding tert-OH is 1. The van der Waals surface area contributed by atoms with Gasteiger partial charge >= 0.3 is 0 Å². The summed E-state index contributed by atoms with van der Waals surface area (Å²) in [6.45, 7) is 2.89. The van der Waals surface area contributed by atoms with Gasteiger partial charge in [0.2, 0.25) is 0 Å². The van der Waals surface area contributed by atoms with E-state index in [9.17, 15) is 4.39 Å². The molecule has 0 aliphatic carbocycles. The van der Waals surface area contributed by atoms with E-state index in [1.165, 1.54) is 12.1 Å². The monoisotopic (exact) mass is 198 g/mol. The number of aliphatic hydroxyl groups is 1. The van der Waals surface area contributed by atoms with Crippen molar-refractivity contribution in [3.05, 3.63) is 35.6 Å². The molecule has 3 heteroatoms. The third-order valence-electron chi connectivity index (χ3n) is 2.06. The molecule has 0 amide bonds. The number of benzene rings is 1. The Labute approximate surface area is 83.3 Å². The van der Waals surface area contributed by atoms with Crippen LogP contribution in [0.4, 0.5) is 4.39 Å². The molecule has 0 spiro atoms. The molecule has 0 saturated heterocycles. The lowest BCUT2D eigenvalue weighted by Crippen LogP contribution is -2.12. The Balaban J connectivity index is 2.68. The van der Waals surface area contributed by atoms with Crippen molar-refractivity contribution in [2.75, 3.05) is 19.8 Å². The van der Waals surface area contributed by atoms with Crippen LogP contribution in [0, 0.1) is 5.82 Å². The third-order valence-corrected chi connectivity index (χ3v) is 2.06. The fraction of sp³-hybridized carbons (Fsp3) is 0.455. The Morgan fingerprint density at radius 1 is 1.50 bits per heavy atom. The quantitative estimate of drug-likeness (QED) is 0.783. The van der Waals surface area contributed by atoms with E-state index < -0.39 is 0 Å². The highest BCUT2D eigenvalue weighted by molar-refractivity contribution is 5.20. The van der Waals surface area contributed by atoms with Crippen LogP contribution in [-0.4, -0.2) is 24.9 Å². The zero-order valence-electron chi connectivity index (χ0n) is 8.24. The Morgan fingerprint density at radius 2 is 2.29 bits per heavy atom. The molecule has 0 aliphatic rings. The summed E-state index contributed by atoms with van der Waals surface area (Å²) in [5.41, 5.74) is 0.779. The van der Waals surface area contributed by atoms with Gasteiger partial charge in [-0.3, -0.25) is 0 Å². The number of rotatable bonds is 5. The van der Waals surface area contributed by atoms with Crippen molar-refractivity contribution in [3.8, 4) is 0 Å². The molecule has 0 aromatic heterocycles. The van der Waals surface area contributed by atoms with Crippen molar-refractivity contribution in [2.24, 2.45) is 0 Å². The standard InChI is InChI=1S/C11H15FO2/c1-2-14-8-10(7-13)9-4-3-5-11(12)6-9/h3-6,10,13H,2,7-8H2,1H3. The molecule has 0 radical (unpaired) electrons. The molecular weight excluding hydrogens is 183 g/mol. The van der Waals surface area contributed by atoms with Gasteiger partial charge in [-0.2, -0.15) is 0 Å². The smallest absolute Gasteiger partial charge is 0.123 e. The highest BCUT2D eigenvalue weighted by Crippen LogP contribution is 2.16. The molecule has 14 heavy (non-hydrogen) atoms. The Bertz CT molecular complexity index is 276. The van der Waals surface area contributed by atoms with Crippen molar-refractivity contribution < 1.29 is 14.2 Å². The van der Waals surface area contributed by atoms with Gasteiger partial charge in [0.15, 0.2) is 0 Å². The predicted octanol–water partition coefficient (Wildman–Crippen LogP) is 1.94. The molecule has 1 atom stereocenters. The second-order valence-corrected chi connectivity index (χ2v) is 3.09. The minimum absolute atomic E-state index is 0.0244. The minimum Gasteiger partial charge on any atom is -0.396 e. The molecule has 78 valence electrons. The van der Waals surface area contributed by atoms with Crippen molar-refractivity contribution in [1.29, 1.82) is 0 Å². The van der Waals surface area contributed by atoms with Crippen LogP contribution in [0.1, 0.15) is 18.4 Å². The summed E-state index contributed by atoms with van der Waals surface area (Å²) in [4.78, 5) is 0. The summed E-state index contributed by atoms with van der Waals surface area (Å²) in [5, 5.41) is 9.09. The first kappa shape index (κ1) is 11.1. The van der Waals surface area contributed by atoms with Crippen molar-refractivity contribution in [2.45, 2.75) is 12.8 Å². The maximum Gasteiger partial charge on any atom is 0.123 e. The maximum atomic E-state index is 12.9. The van der Waals surface area contributed by atoms with Gasteiger partial charge in [-0.25, -0.2) is 4.39 Å². The topological polar surface area (TPSA) is 29.5 Å². The van der Waals surface area contributed by atoms with Crippen LogP contribution in [-0.2, 0) is 4.74 Å². The highest BCUT2D eigenvalue weighted by atomic mass is 19.1. The Morgan fingerprint density at radius 3 is 2.86 bits per heavy atom.